The number of aromatic nitrogens is 1. The molecule has 0 unspecified atom stereocenters. The molecule has 15 heavy (non-hydrogen) atoms. The number of nitrogens with zero attached hydrogens (tertiary/aromatic N) is 1. The first-order chi connectivity index (χ1) is 6.96. The van der Waals surface area contributed by atoms with E-state index in [1.54, 1.807) is 18.3 Å². The second-order valence-electron chi connectivity index (χ2n) is 4.11. The molecule has 1 N–H and O–H groups in total. The fourth-order valence-corrected chi connectivity index (χ4v) is 1.27. The summed E-state index contributed by atoms with van der Waals surface area (Å²) in [7, 11) is 0. The summed E-state index contributed by atoms with van der Waals surface area (Å²) in [6.45, 7) is 5.76. The van der Waals surface area contributed by atoms with Gasteiger partial charge in [-0.15, -0.1) is 0 Å². The molecule has 1 aromatic rings. The summed E-state index contributed by atoms with van der Waals surface area (Å²) in [5.41, 5.74) is 1.13. The van der Waals surface area contributed by atoms with Gasteiger partial charge in [0.15, 0.2) is 0 Å². The van der Waals surface area contributed by atoms with Gasteiger partial charge < -0.3 is 5.32 Å². The molecule has 0 radical (unpaired) electrons. The Hall–Kier alpha value is -0.900. The third-order valence-electron chi connectivity index (χ3n) is 2.04. The van der Waals surface area contributed by atoms with E-state index in [0.717, 1.165) is 5.69 Å². The quantitative estimate of drug-likeness (QED) is 0.857. The predicted octanol–water partition coefficient (Wildman–Crippen LogP) is 2.29. The highest BCUT2D eigenvalue weighted by atomic mass is 79.9. The van der Waals surface area contributed by atoms with E-state index < -0.39 is 0 Å². The van der Waals surface area contributed by atoms with Crippen LogP contribution in [0.25, 0.3) is 0 Å². The van der Waals surface area contributed by atoms with Crippen LogP contribution in [-0.2, 0) is 0 Å². The minimum atomic E-state index is -0.251. The molecule has 3 nitrogen and oxygen atoms in total. The average molecular weight is 271 g/mol. The number of hydrogen-bond donors (Lipinski definition) is 1. The number of carbonyl (C=O) groups excluding carboxylic acids is 1. The summed E-state index contributed by atoms with van der Waals surface area (Å²) < 4.78 is 0. The van der Waals surface area contributed by atoms with Crippen molar-refractivity contribution in [1.29, 1.82) is 0 Å². The third-order valence-corrected chi connectivity index (χ3v) is 3.44. The zero-order valence-electron chi connectivity index (χ0n) is 9.17. The van der Waals surface area contributed by atoms with Crippen molar-refractivity contribution in [3.63, 3.8) is 0 Å². The minimum absolute atomic E-state index is 0.0787. The standard InChI is InChI=1S/C11H15BrN2O/c1-8-9(5-4-6-13-8)10(15)14-11(2,3)7-12/h4-6H,7H2,1-3H3,(H,14,15). The van der Waals surface area contributed by atoms with Crippen molar-refractivity contribution in [3.8, 4) is 0 Å². The highest BCUT2D eigenvalue weighted by molar-refractivity contribution is 9.09. The van der Waals surface area contributed by atoms with E-state index in [2.05, 4.69) is 26.2 Å². The largest absolute Gasteiger partial charge is 0.346 e. The SMILES string of the molecule is Cc1ncccc1C(=O)NC(C)(C)CBr. The highest BCUT2D eigenvalue weighted by Crippen LogP contribution is 2.09. The summed E-state index contributed by atoms with van der Waals surface area (Å²) in [6, 6.07) is 3.55. The topological polar surface area (TPSA) is 42.0 Å². The molecule has 0 fully saturated rings. The van der Waals surface area contributed by atoms with E-state index >= 15 is 0 Å². The van der Waals surface area contributed by atoms with Crippen LogP contribution < -0.4 is 5.32 Å². The van der Waals surface area contributed by atoms with Gasteiger partial charge in [-0.2, -0.15) is 0 Å². The molecule has 0 spiro atoms. The number of alkyl halides is 1. The van der Waals surface area contributed by atoms with Crippen LogP contribution in [0.5, 0.6) is 0 Å². The van der Waals surface area contributed by atoms with Gasteiger partial charge in [0.1, 0.15) is 0 Å². The Kier molecular flexibility index (Phi) is 3.85. The molecule has 0 aliphatic rings. The average Bonchev–Trinajstić information content (AvgIpc) is 2.17. The van der Waals surface area contributed by atoms with Gasteiger partial charge in [0.05, 0.1) is 5.56 Å². The van der Waals surface area contributed by atoms with Crippen molar-refractivity contribution in [3.05, 3.63) is 29.6 Å². The summed E-state index contributed by atoms with van der Waals surface area (Å²) in [5, 5.41) is 3.65. The van der Waals surface area contributed by atoms with Crippen LogP contribution >= 0.6 is 15.9 Å². The van der Waals surface area contributed by atoms with Crippen molar-refractivity contribution in [1.82, 2.24) is 10.3 Å². The fourth-order valence-electron chi connectivity index (χ4n) is 1.13. The molecule has 1 rings (SSSR count). The zero-order valence-corrected chi connectivity index (χ0v) is 10.8. The molecule has 82 valence electrons. The van der Waals surface area contributed by atoms with Crippen LogP contribution in [0, 0.1) is 6.92 Å². The fraction of sp³-hybridized carbons (Fsp3) is 0.455. The summed E-state index contributed by atoms with van der Waals surface area (Å²) in [6.07, 6.45) is 1.68. The Bertz CT molecular complexity index is 363. The van der Waals surface area contributed by atoms with Gasteiger partial charge in [-0.25, -0.2) is 0 Å². The number of aryl methyl sites for hydroxylation is 1. The first-order valence-electron chi connectivity index (χ1n) is 4.76. The lowest BCUT2D eigenvalue weighted by Gasteiger charge is -2.23. The van der Waals surface area contributed by atoms with Gasteiger partial charge in [-0.05, 0) is 32.9 Å². The first kappa shape index (κ1) is 12.2. The van der Waals surface area contributed by atoms with E-state index in [1.807, 2.05) is 20.8 Å². The van der Waals surface area contributed by atoms with Crippen LogP contribution in [0.1, 0.15) is 29.9 Å². The number of nitrogens with one attached hydrogen (secondary N) is 1. The van der Waals surface area contributed by atoms with E-state index in [1.165, 1.54) is 0 Å². The maximum absolute atomic E-state index is 11.9. The molecular weight excluding hydrogens is 256 g/mol. The second kappa shape index (κ2) is 4.75. The summed E-state index contributed by atoms with van der Waals surface area (Å²) in [5.74, 6) is -0.0787. The molecule has 0 aliphatic heterocycles. The maximum Gasteiger partial charge on any atom is 0.253 e. The minimum Gasteiger partial charge on any atom is -0.346 e. The number of pyridine rings is 1. The Morgan fingerprint density at radius 2 is 2.27 bits per heavy atom. The summed E-state index contributed by atoms with van der Waals surface area (Å²) >= 11 is 3.36. The molecule has 0 saturated heterocycles. The molecule has 0 bridgehead atoms. The van der Waals surface area contributed by atoms with Crippen LogP contribution in [0.4, 0.5) is 0 Å². The number of amides is 1. The van der Waals surface area contributed by atoms with E-state index in [-0.39, 0.29) is 11.4 Å². The van der Waals surface area contributed by atoms with E-state index in [0.29, 0.717) is 10.9 Å². The second-order valence-corrected chi connectivity index (χ2v) is 4.67. The highest BCUT2D eigenvalue weighted by Gasteiger charge is 2.20. The molecule has 0 atom stereocenters. The normalized spacial score (nSPS) is 11.2. The van der Waals surface area contributed by atoms with Gasteiger partial charge in [-0.1, -0.05) is 15.9 Å². The first-order valence-corrected chi connectivity index (χ1v) is 5.88. The number of carbonyl (C=O) groups is 1. The Morgan fingerprint density at radius 3 is 2.80 bits per heavy atom. The Morgan fingerprint density at radius 1 is 1.60 bits per heavy atom. The molecule has 0 aliphatic carbocycles. The van der Waals surface area contributed by atoms with Crippen molar-refractivity contribution >= 4 is 21.8 Å². The lowest BCUT2D eigenvalue weighted by Crippen LogP contribution is -2.45. The molecule has 0 saturated carbocycles. The smallest absolute Gasteiger partial charge is 0.253 e. The van der Waals surface area contributed by atoms with Gasteiger partial charge in [0.25, 0.3) is 5.91 Å². The van der Waals surface area contributed by atoms with Gasteiger partial charge in [-0.3, -0.25) is 9.78 Å². The van der Waals surface area contributed by atoms with Crippen molar-refractivity contribution < 1.29 is 4.79 Å². The van der Waals surface area contributed by atoms with Crippen molar-refractivity contribution in [2.24, 2.45) is 0 Å². The predicted molar refractivity (Wildman–Crippen MR) is 64.3 cm³/mol. The molecule has 0 aromatic carbocycles. The molecule has 1 amide bonds. The van der Waals surface area contributed by atoms with Crippen LogP contribution in [0.15, 0.2) is 18.3 Å². The molecule has 1 heterocycles. The number of hydrogen-bond acceptors (Lipinski definition) is 2. The van der Waals surface area contributed by atoms with Crippen LogP contribution in [-0.4, -0.2) is 21.8 Å². The maximum atomic E-state index is 11.9. The van der Waals surface area contributed by atoms with E-state index in [9.17, 15) is 4.79 Å². The third kappa shape index (κ3) is 3.30. The molecule has 4 heteroatoms. The monoisotopic (exact) mass is 270 g/mol. The van der Waals surface area contributed by atoms with Crippen LogP contribution in [0.2, 0.25) is 0 Å². The Balaban J connectivity index is 2.83. The molecule has 1 aromatic heterocycles. The van der Waals surface area contributed by atoms with Gasteiger partial charge >= 0.3 is 0 Å². The number of rotatable bonds is 3. The van der Waals surface area contributed by atoms with Crippen molar-refractivity contribution in [2.75, 3.05) is 5.33 Å². The summed E-state index contributed by atoms with van der Waals surface area (Å²) in [4.78, 5) is 16.0. The van der Waals surface area contributed by atoms with Gasteiger partial charge in [0, 0.05) is 22.8 Å². The lowest BCUT2D eigenvalue weighted by molar-refractivity contribution is 0.0920. The number of halogens is 1. The lowest BCUT2D eigenvalue weighted by atomic mass is 10.1. The molecular formula is C11H15BrN2O. The van der Waals surface area contributed by atoms with Gasteiger partial charge in [0.2, 0.25) is 0 Å². The van der Waals surface area contributed by atoms with Crippen LogP contribution in [0.3, 0.4) is 0 Å². The zero-order chi connectivity index (χ0) is 11.5. The Labute approximate surface area is 98.4 Å². The van der Waals surface area contributed by atoms with Crippen molar-refractivity contribution in [2.45, 2.75) is 26.3 Å². The van der Waals surface area contributed by atoms with E-state index in [4.69, 9.17) is 0 Å².